The topological polar surface area (TPSA) is 63.6 Å². The van der Waals surface area contributed by atoms with E-state index in [9.17, 15) is 14.7 Å². The van der Waals surface area contributed by atoms with Crippen LogP contribution in [0.3, 0.4) is 0 Å². The Kier molecular flexibility index (Phi) is 8.99. The summed E-state index contributed by atoms with van der Waals surface area (Å²) >= 11 is 0. The van der Waals surface area contributed by atoms with Gasteiger partial charge in [0.05, 0.1) is 11.7 Å². The lowest BCUT2D eigenvalue weighted by atomic mass is 9.89. The van der Waals surface area contributed by atoms with Gasteiger partial charge in [-0.2, -0.15) is 0 Å². The van der Waals surface area contributed by atoms with Crippen LogP contribution in [0.15, 0.2) is 30.3 Å². The van der Waals surface area contributed by atoms with Gasteiger partial charge < -0.3 is 9.84 Å². The summed E-state index contributed by atoms with van der Waals surface area (Å²) in [5.41, 5.74) is 0.522. The van der Waals surface area contributed by atoms with Gasteiger partial charge in [-0.05, 0) is 30.9 Å². The van der Waals surface area contributed by atoms with Gasteiger partial charge in [-0.25, -0.2) is 4.79 Å². The monoisotopic (exact) mass is 374 g/mol. The molecule has 0 aromatic heterocycles. The quantitative estimate of drug-likeness (QED) is 0.440. The van der Waals surface area contributed by atoms with Crippen LogP contribution in [0, 0.1) is 11.8 Å². The first-order valence-corrected chi connectivity index (χ1v) is 10.5. The summed E-state index contributed by atoms with van der Waals surface area (Å²) in [5.74, 6) is 0.00926. The fourth-order valence-corrected chi connectivity index (χ4v) is 3.99. The van der Waals surface area contributed by atoms with Gasteiger partial charge in [0.15, 0.2) is 0 Å². The summed E-state index contributed by atoms with van der Waals surface area (Å²) in [7, 11) is 0. The summed E-state index contributed by atoms with van der Waals surface area (Å²) in [4.78, 5) is 24.6. The molecule has 0 aliphatic heterocycles. The molecular weight excluding hydrogens is 340 g/mol. The van der Waals surface area contributed by atoms with Crippen molar-refractivity contribution in [2.45, 2.75) is 83.8 Å². The number of ether oxygens (including phenoxy) is 1. The highest BCUT2D eigenvalue weighted by Gasteiger charge is 2.42. The lowest BCUT2D eigenvalue weighted by Crippen LogP contribution is -2.25. The summed E-state index contributed by atoms with van der Waals surface area (Å²) < 4.78 is 5.70. The summed E-state index contributed by atoms with van der Waals surface area (Å²) in [6.07, 6.45) is 7.22. The van der Waals surface area contributed by atoms with Crippen molar-refractivity contribution in [3.8, 4) is 0 Å². The average Bonchev–Trinajstić information content (AvgIpc) is 2.93. The van der Waals surface area contributed by atoms with E-state index in [1.54, 1.807) is 24.3 Å². The van der Waals surface area contributed by atoms with E-state index in [4.69, 9.17) is 4.74 Å². The van der Waals surface area contributed by atoms with Crippen LogP contribution in [0.4, 0.5) is 0 Å². The Hall–Kier alpha value is -1.68. The molecule has 2 rings (SSSR count). The van der Waals surface area contributed by atoms with Crippen molar-refractivity contribution >= 4 is 11.8 Å². The van der Waals surface area contributed by atoms with Crippen molar-refractivity contribution in [3.63, 3.8) is 0 Å². The van der Waals surface area contributed by atoms with E-state index >= 15 is 0 Å². The molecule has 0 bridgehead atoms. The van der Waals surface area contributed by atoms with Crippen molar-refractivity contribution in [2.24, 2.45) is 11.8 Å². The molecule has 1 aromatic rings. The second kappa shape index (κ2) is 11.2. The molecule has 1 saturated carbocycles. The van der Waals surface area contributed by atoms with Crippen molar-refractivity contribution in [1.82, 2.24) is 0 Å². The maximum Gasteiger partial charge on any atom is 0.338 e. The van der Waals surface area contributed by atoms with Crippen LogP contribution in [-0.2, 0) is 9.53 Å². The third-order valence-electron chi connectivity index (χ3n) is 5.82. The molecule has 1 N–H and O–H groups in total. The third-order valence-corrected chi connectivity index (χ3v) is 5.82. The molecule has 0 spiro atoms. The molecule has 1 aromatic carbocycles. The molecule has 1 aliphatic rings. The molecule has 1 fully saturated rings. The minimum atomic E-state index is -0.479. The van der Waals surface area contributed by atoms with E-state index in [1.165, 1.54) is 19.3 Å². The number of rotatable bonds is 11. The average molecular weight is 375 g/mol. The predicted molar refractivity (Wildman–Crippen MR) is 107 cm³/mol. The maximum atomic E-state index is 12.4. The standard InChI is InChI=1S/C23H34O4/c1-3-4-5-6-10-13-19(24)14-15-20-17(2)21(25)16-22(20)27-23(26)18-11-8-7-9-12-18/h7-9,11-12,17,20-22,25H,3-6,10,13-16H2,1-2H3/t17?,20-,21+,22-/m1/s1. The minimum absolute atomic E-state index is 0.0379. The lowest BCUT2D eigenvalue weighted by molar-refractivity contribution is -0.119. The molecular formula is C23H34O4. The minimum Gasteiger partial charge on any atom is -0.458 e. The van der Waals surface area contributed by atoms with Gasteiger partial charge in [-0.1, -0.05) is 57.7 Å². The Morgan fingerprint density at radius 1 is 1.07 bits per heavy atom. The highest BCUT2D eigenvalue weighted by Crippen LogP contribution is 2.37. The largest absolute Gasteiger partial charge is 0.458 e. The van der Waals surface area contributed by atoms with Crippen molar-refractivity contribution in [1.29, 1.82) is 0 Å². The van der Waals surface area contributed by atoms with Gasteiger partial charge in [-0.3, -0.25) is 4.79 Å². The summed E-state index contributed by atoms with van der Waals surface area (Å²) in [6.45, 7) is 4.17. The molecule has 150 valence electrons. The van der Waals surface area contributed by atoms with E-state index in [-0.39, 0.29) is 29.7 Å². The van der Waals surface area contributed by atoms with Gasteiger partial charge in [0.25, 0.3) is 0 Å². The Morgan fingerprint density at radius 2 is 1.78 bits per heavy atom. The number of carbonyl (C=O) groups excluding carboxylic acids is 2. The molecule has 0 saturated heterocycles. The van der Waals surface area contributed by atoms with Crippen LogP contribution in [0.5, 0.6) is 0 Å². The molecule has 1 unspecified atom stereocenters. The van der Waals surface area contributed by atoms with Crippen LogP contribution >= 0.6 is 0 Å². The van der Waals surface area contributed by atoms with Crippen LogP contribution in [0.1, 0.15) is 82.0 Å². The molecule has 4 atom stereocenters. The number of benzene rings is 1. The Bertz CT molecular complexity index is 583. The number of aliphatic hydroxyl groups is 1. The van der Waals surface area contributed by atoms with Gasteiger partial charge in [0.1, 0.15) is 11.9 Å². The van der Waals surface area contributed by atoms with Crippen molar-refractivity contribution in [2.75, 3.05) is 0 Å². The van der Waals surface area contributed by atoms with Gasteiger partial charge >= 0.3 is 5.97 Å². The number of aliphatic hydroxyl groups excluding tert-OH is 1. The Morgan fingerprint density at radius 3 is 2.48 bits per heavy atom. The zero-order chi connectivity index (χ0) is 19.6. The first-order chi connectivity index (χ1) is 13.0. The molecule has 0 heterocycles. The van der Waals surface area contributed by atoms with E-state index in [2.05, 4.69) is 6.92 Å². The van der Waals surface area contributed by atoms with Crippen molar-refractivity contribution < 1.29 is 19.4 Å². The third kappa shape index (κ3) is 6.76. The number of carbonyl (C=O) groups is 2. The lowest BCUT2D eigenvalue weighted by Gasteiger charge is -2.22. The molecule has 0 amide bonds. The second-order valence-electron chi connectivity index (χ2n) is 7.88. The van der Waals surface area contributed by atoms with E-state index < -0.39 is 6.10 Å². The first-order valence-electron chi connectivity index (χ1n) is 10.5. The molecule has 1 aliphatic carbocycles. The number of hydrogen-bond acceptors (Lipinski definition) is 4. The van der Waals surface area contributed by atoms with Gasteiger partial charge in [0.2, 0.25) is 0 Å². The van der Waals surface area contributed by atoms with E-state index in [0.717, 1.165) is 12.8 Å². The normalized spacial score (nSPS) is 24.7. The number of hydrogen-bond donors (Lipinski definition) is 1. The van der Waals surface area contributed by atoms with Crippen LogP contribution in [0.2, 0.25) is 0 Å². The van der Waals surface area contributed by atoms with Crippen LogP contribution in [-0.4, -0.2) is 29.1 Å². The zero-order valence-corrected chi connectivity index (χ0v) is 16.7. The second-order valence-corrected chi connectivity index (χ2v) is 7.88. The molecule has 4 heteroatoms. The first kappa shape index (κ1) is 21.6. The van der Waals surface area contributed by atoms with Crippen LogP contribution < -0.4 is 0 Å². The van der Waals surface area contributed by atoms with Crippen LogP contribution in [0.25, 0.3) is 0 Å². The number of Topliss-reactive ketones (excluding diaryl/α,β-unsaturated/α-hetero) is 1. The smallest absolute Gasteiger partial charge is 0.338 e. The fraction of sp³-hybridized carbons (Fsp3) is 0.652. The predicted octanol–water partition coefficient (Wildman–Crippen LogP) is 4.94. The number of unbranched alkanes of at least 4 members (excludes halogenated alkanes) is 4. The van der Waals surface area contributed by atoms with E-state index in [1.807, 2.05) is 13.0 Å². The number of esters is 1. The SMILES string of the molecule is CCCCCCCC(=O)CC[C@@H]1C(C)[C@@H](O)C[C@H]1OC(=O)c1ccccc1. The maximum absolute atomic E-state index is 12.4. The highest BCUT2D eigenvalue weighted by molar-refractivity contribution is 5.89. The van der Waals surface area contributed by atoms with Crippen molar-refractivity contribution in [3.05, 3.63) is 35.9 Å². The summed E-state index contributed by atoms with van der Waals surface area (Å²) in [5, 5.41) is 10.2. The van der Waals surface area contributed by atoms with E-state index in [0.29, 0.717) is 31.2 Å². The zero-order valence-electron chi connectivity index (χ0n) is 16.7. The molecule has 4 nitrogen and oxygen atoms in total. The fourth-order valence-electron chi connectivity index (χ4n) is 3.99. The summed E-state index contributed by atoms with van der Waals surface area (Å²) in [6, 6.07) is 8.93. The number of ketones is 1. The Balaban J connectivity index is 1.81. The molecule has 0 radical (unpaired) electrons. The van der Waals surface area contributed by atoms with Gasteiger partial charge in [-0.15, -0.1) is 0 Å². The Labute approximate surface area is 163 Å². The van der Waals surface area contributed by atoms with Gasteiger partial charge in [0, 0.05) is 25.2 Å². The molecule has 27 heavy (non-hydrogen) atoms. The highest BCUT2D eigenvalue weighted by atomic mass is 16.5.